The van der Waals surface area contributed by atoms with E-state index in [9.17, 15) is 27.9 Å². The Bertz CT molecular complexity index is 1260. The zero-order valence-electron chi connectivity index (χ0n) is 19.2. The number of alkyl halides is 3. The van der Waals surface area contributed by atoms with Crippen molar-refractivity contribution in [3.63, 3.8) is 0 Å². The summed E-state index contributed by atoms with van der Waals surface area (Å²) in [6, 6.07) is 18.9. The van der Waals surface area contributed by atoms with Gasteiger partial charge in [-0.15, -0.1) is 0 Å². The minimum absolute atomic E-state index is 0.111. The lowest BCUT2D eigenvalue weighted by atomic mass is 9.92. The first kappa shape index (κ1) is 25.4. The fourth-order valence-corrected chi connectivity index (χ4v) is 4.55. The Hall–Kier alpha value is -3.69. The number of amides is 2. The fourth-order valence-electron chi connectivity index (χ4n) is 4.55. The standard InChI is InChI=1S/C27H25F3N2O4/c28-27(29,30)22-6-3-5-20(15-22)18-10-8-17(9-11-18)14-21(16-24(33)32-36)25(34)31-26(35)13-12-19-4-1-2-7-23(19)26/h1-11,15,21,35-36H,12-14,16H2,(H,31,34)(H,32,33)/t21-,26+/m1/s1. The molecule has 36 heavy (non-hydrogen) atoms. The van der Waals surface area contributed by atoms with Crippen LogP contribution in [0.25, 0.3) is 11.1 Å². The molecule has 6 nitrogen and oxygen atoms in total. The number of benzene rings is 3. The van der Waals surface area contributed by atoms with Crippen LogP contribution in [0.2, 0.25) is 0 Å². The van der Waals surface area contributed by atoms with E-state index in [2.05, 4.69) is 5.32 Å². The minimum Gasteiger partial charge on any atom is -0.367 e. The highest BCUT2D eigenvalue weighted by atomic mass is 19.4. The number of hydroxylamine groups is 1. The van der Waals surface area contributed by atoms with Crippen LogP contribution in [0, 0.1) is 5.92 Å². The van der Waals surface area contributed by atoms with Crippen molar-refractivity contribution < 1.29 is 33.1 Å². The van der Waals surface area contributed by atoms with Crippen LogP contribution in [0.3, 0.4) is 0 Å². The number of carbonyl (C=O) groups is 2. The van der Waals surface area contributed by atoms with Gasteiger partial charge in [0, 0.05) is 18.4 Å². The van der Waals surface area contributed by atoms with Crippen molar-refractivity contribution in [3.05, 3.63) is 95.1 Å². The summed E-state index contributed by atoms with van der Waals surface area (Å²) in [7, 11) is 0. The zero-order chi connectivity index (χ0) is 25.9. The molecule has 0 unspecified atom stereocenters. The van der Waals surface area contributed by atoms with Gasteiger partial charge in [0.25, 0.3) is 0 Å². The molecule has 0 aromatic heterocycles. The Labute approximate surface area is 205 Å². The first-order valence-corrected chi connectivity index (χ1v) is 11.4. The normalized spacial score (nSPS) is 17.8. The summed E-state index contributed by atoms with van der Waals surface area (Å²) in [4.78, 5) is 25.0. The fraction of sp³-hybridized carbons (Fsp3) is 0.259. The monoisotopic (exact) mass is 498 g/mol. The van der Waals surface area contributed by atoms with E-state index in [-0.39, 0.29) is 12.8 Å². The lowest BCUT2D eigenvalue weighted by Gasteiger charge is -2.28. The molecule has 3 aromatic carbocycles. The number of rotatable bonds is 7. The van der Waals surface area contributed by atoms with E-state index in [0.29, 0.717) is 35.1 Å². The van der Waals surface area contributed by atoms with Crippen LogP contribution in [0.4, 0.5) is 13.2 Å². The summed E-state index contributed by atoms with van der Waals surface area (Å²) in [5.41, 5.74) is 2.38. The van der Waals surface area contributed by atoms with Gasteiger partial charge in [-0.1, -0.05) is 60.7 Å². The Balaban J connectivity index is 1.52. The summed E-state index contributed by atoms with van der Waals surface area (Å²) in [5.74, 6) is -2.22. The van der Waals surface area contributed by atoms with Gasteiger partial charge < -0.3 is 10.4 Å². The van der Waals surface area contributed by atoms with Gasteiger partial charge in [0.05, 0.1) is 11.5 Å². The van der Waals surface area contributed by atoms with Gasteiger partial charge >= 0.3 is 6.18 Å². The van der Waals surface area contributed by atoms with E-state index in [1.807, 2.05) is 12.1 Å². The average Bonchev–Trinajstić information content (AvgIpc) is 3.19. The Morgan fingerprint density at radius 1 is 0.972 bits per heavy atom. The van der Waals surface area contributed by atoms with E-state index < -0.39 is 35.2 Å². The van der Waals surface area contributed by atoms with Crippen LogP contribution in [0.5, 0.6) is 0 Å². The summed E-state index contributed by atoms with van der Waals surface area (Å²) < 4.78 is 39.1. The van der Waals surface area contributed by atoms with Crippen molar-refractivity contribution in [2.75, 3.05) is 0 Å². The molecule has 0 aliphatic heterocycles. The number of hydrogen-bond donors (Lipinski definition) is 4. The SMILES string of the molecule is O=C(C[C@@H](Cc1ccc(-c2cccc(C(F)(F)F)c2)cc1)C(=O)N[C@]1(O)CCc2ccccc21)NO. The molecule has 4 N–H and O–H groups in total. The summed E-state index contributed by atoms with van der Waals surface area (Å²) in [5, 5.41) is 22.7. The first-order chi connectivity index (χ1) is 17.1. The predicted octanol–water partition coefficient (Wildman–Crippen LogP) is 4.33. The molecule has 3 aromatic rings. The molecule has 2 amide bonds. The molecule has 1 aliphatic carbocycles. The second kappa shape index (κ2) is 10.1. The Kier molecular flexibility index (Phi) is 7.14. The number of nitrogens with one attached hydrogen (secondary N) is 2. The molecule has 9 heteroatoms. The van der Waals surface area contributed by atoms with E-state index in [1.54, 1.807) is 42.5 Å². The van der Waals surface area contributed by atoms with E-state index in [0.717, 1.165) is 17.7 Å². The summed E-state index contributed by atoms with van der Waals surface area (Å²) in [6.45, 7) is 0. The Morgan fingerprint density at radius 2 is 1.69 bits per heavy atom. The second-order valence-corrected chi connectivity index (χ2v) is 8.92. The molecule has 0 saturated carbocycles. The van der Waals surface area contributed by atoms with Crippen molar-refractivity contribution in [3.8, 4) is 11.1 Å². The Morgan fingerprint density at radius 3 is 2.39 bits per heavy atom. The summed E-state index contributed by atoms with van der Waals surface area (Å²) in [6.07, 6.45) is -3.78. The molecule has 188 valence electrons. The first-order valence-electron chi connectivity index (χ1n) is 11.4. The molecule has 0 bridgehead atoms. The molecule has 0 heterocycles. The van der Waals surface area contributed by atoms with Crippen LogP contribution in [-0.4, -0.2) is 22.1 Å². The van der Waals surface area contributed by atoms with Gasteiger partial charge in [0.2, 0.25) is 11.8 Å². The van der Waals surface area contributed by atoms with Crippen LogP contribution in [0.15, 0.2) is 72.8 Å². The summed E-state index contributed by atoms with van der Waals surface area (Å²) >= 11 is 0. The topological polar surface area (TPSA) is 98.7 Å². The van der Waals surface area contributed by atoms with Crippen molar-refractivity contribution in [2.45, 2.75) is 37.6 Å². The molecule has 0 spiro atoms. The van der Waals surface area contributed by atoms with Gasteiger partial charge in [-0.3, -0.25) is 14.8 Å². The van der Waals surface area contributed by atoms with Gasteiger partial charge in [-0.2, -0.15) is 13.2 Å². The molecule has 1 aliphatic rings. The molecule has 0 radical (unpaired) electrons. The zero-order valence-corrected chi connectivity index (χ0v) is 19.2. The molecule has 4 rings (SSSR count). The lowest BCUT2D eigenvalue weighted by Crippen LogP contribution is -2.47. The smallest absolute Gasteiger partial charge is 0.367 e. The van der Waals surface area contributed by atoms with Gasteiger partial charge in [-0.25, -0.2) is 5.48 Å². The van der Waals surface area contributed by atoms with Gasteiger partial charge in [-0.05, 0) is 47.2 Å². The van der Waals surface area contributed by atoms with Gasteiger partial charge in [0.1, 0.15) is 0 Å². The van der Waals surface area contributed by atoms with E-state index in [4.69, 9.17) is 5.21 Å². The molecule has 0 fully saturated rings. The maximum Gasteiger partial charge on any atom is 0.416 e. The van der Waals surface area contributed by atoms with Crippen LogP contribution in [-0.2, 0) is 34.3 Å². The molecule has 2 atom stereocenters. The van der Waals surface area contributed by atoms with Crippen LogP contribution in [0.1, 0.15) is 35.1 Å². The van der Waals surface area contributed by atoms with Crippen LogP contribution >= 0.6 is 0 Å². The quantitative estimate of drug-likeness (QED) is 0.221. The maximum absolute atomic E-state index is 13.2. The predicted molar refractivity (Wildman–Crippen MR) is 125 cm³/mol. The third-order valence-corrected chi connectivity index (χ3v) is 6.44. The third kappa shape index (κ3) is 5.58. The van der Waals surface area contributed by atoms with Crippen LogP contribution < -0.4 is 10.8 Å². The largest absolute Gasteiger partial charge is 0.416 e. The second-order valence-electron chi connectivity index (χ2n) is 8.92. The number of aryl methyl sites for hydroxylation is 1. The van der Waals surface area contributed by atoms with E-state index >= 15 is 0 Å². The minimum atomic E-state index is -4.45. The number of fused-ring (bicyclic) bond motifs is 1. The number of aliphatic hydroxyl groups is 1. The van der Waals surface area contributed by atoms with Crippen molar-refractivity contribution >= 4 is 11.8 Å². The maximum atomic E-state index is 13.2. The highest BCUT2D eigenvalue weighted by Gasteiger charge is 2.39. The van der Waals surface area contributed by atoms with Crippen molar-refractivity contribution in [1.29, 1.82) is 0 Å². The third-order valence-electron chi connectivity index (χ3n) is 6.44. The highest BCUT2D eigenvalue weighted by Crippen LogP contribution is 2.35. The van der Waals surface area contributed by atoms with E-state index in [1.165, 1.54) is 11.5 Å². The molecular weight excluding hydrogens is 473 g/mol. The number of halogens is 3. The number of carbonyl (C=O) groups excluding carboxylic acids is 2. The number of hydrogen-bond acceptors (Lipinski definition) is 4. The molecular formula is C27H25F3N2O4. The van der Waals surface area contributed by atoms with Crippen molar-refractivity contribution in [1.82, 2.24) is 10.8 Å². The average molecular weight is 499 g/mol. The lowest BCUT2D eigenvalue weighted by molar-refractivity contribution is -0.139. The highest BCUT2D eigenvalue weighted by molar-refractivity contribution is 5.86. The van der Waals surface area contributed by atoms with Crippen molar-refractivity contribution in [2.24, 2.45) is 5.92 Å². The molecule has 0 saturated heterocycles. The van der Waals surface area contributed by atoms with Gasteiger partial charge in [0.15, 0.2) is 5.72 Å².